The van der Waals surface area contributed by atoms with Gasteiger partial charge in [-0.1, -0.05) is 76.3 Å². The van der Waals surface area contributed by atoms with Crippen LogP contribution in [0.2, 0.25) is 0 Å². The van der Waals surface area contributed by atoms with E-state index in [0.29, 0.717) is 16.8 Å². The van der Waals surface area contributed by atoms with Gasteiger partial charge in [0.25, 0.3) is 0 Å². The summed E-state index contributed by atoms with van der Waals surface area (Å²) < 4.78 is 49.1. The van der Waals surface area contributed by atoms with E-state index in [0.717, 1.165) is 42.8 Å². The largest absolute Gasteiger partial charge is 0.501 e. The molecule has 4 aromatic heterocycles. The second kappa shape index (κ2) is 13.0. The van der Waals surface area contributed by atoms with E-state index in [2.05, 4.69) is 42.9 Å². The number of fused-ring (bicyclic) bond motifs is 5. The molecule has 231 valence electrons. The Kier molecular flexibility index (Phi) is 7.64. The summed E-state index contributed by atoms with van der Waals surface area (Å²) in [6.45, 7) is 9.20. The van der Waals surface area contributed by atoms with Crippen molar-refractivity contribution in [2.45, 2.75) is 60.2 Å². The minimum atomic E-state index is -2.50. The van der Waals surface area contributed by atoms with Crippen molar-refractivity contribution in [2.24, 2.45) is 5.41 Å². The van der Waals surface area contributed by atoms with Crippen LogP contribution in [0.4, 0.5) is 0 Å². The van der Waals surface area contributed by atoms with Gasteiger partial charge in [-0.3, -0.25) is 0 Å². The molecule has 0 fully saturated rings. The maximum absolute atomic E-state index is 8.84. The van der Waals surface area contributed by atoms with Crippen LogP contribution in [0.25, 0.3) is 54.7 Å². The Morgan fingerprint density at radius 3 is 2.42 bits per heavy atom. The third-order valence-corrected chi connectivity index (χ3v) is 8.43. The fourth-order valence-corrected chi connectivity index (χ4v) is 6.07. The number of hydrogen-bond donors (Lipinski definition) is 0. The van der Waals surface area contributed by atoms with Crippen molar-refractivity contribution in [3.63, 3.8) is 0 Å². The Hall–Kier alpha value is -3.70. The van der Waals surface area contributed by atoms with Gasteiger partial charge in [0, 0.05) is 50.2 Å². The normalized spacial score (nSPS) is 14.0. The van der Waals surface area contributed by atoms with Crippen molar-refractivity contribution in [3.05, 3.63) is 113 Å². The van der Waals surface area contributed by atoms with Crippen molar-refractivity contribution < 1.29 is 31.4 Å². The summed E-state index contributed by atoms with van der Waals surface area (Å²) in [6.07, 6.45) is 1.14. The van der Waals surface area contributed by atoms with E-state index in [9.17, 15) is 0 Å². The van der Waals surface area contributed by atoms with Crippen LogP contribution < -0.4 is 0 Å². The molecule has 0 saturated carbocycles. The Balaban J connectivity index is 0.000000315. The molecule has 0 aliphatic carbocycles. The Labute approximate surface area is 290 Å². The molecule has 4 heterocycles. The second-order valence-electron chi connectivity index (χ2n) is 12.7. The number of aryl methyl sites for hydroxylation is 1. The zero-order chi connectivity index (χ0) is 35.4. The van der Waals surface area contributed by atoms with Gasteiger partial charge in [0.1, 0.15) is 5.58 Å². The molecule has 1 radical (unpaired) electrons. The third-order valence-electron chi connectivity index (χ3n) is 6.91. The minimum absolute atomic E-state index is 0. The molecular formula is C39H37IrN3OS-2. The molecule has 45 heavy (non-hydrogen) atoms. The van der Waals surface area contributed by atoms with Gasteiger partial charge in [-0.05, 0) is 53.8 Å². The monoisotopic (exact) mass is 793 g/mol. The number of hydrogen-bond acceptors (Lipinski definition) is 5. The fraction of sp³-hybridized carbons (Fsp3) is 0.256. The maximum atomic E-state index is 8.84. The second-order valence-corrected chi connectivity index (χ2v) is 13.7. The van der Waals surface area contributed by atoms with E-state index in [-0.39, 0.29) is 36.6 Å². The van der Waals surface area contributed by atoms with Gasteiger partial charge in [-0.2, -0.15) is 0 Å². The number of thiazole rings is 1. The van der Waals surface area contributed by atoms with Gasteiger partial charge in [-0.15, -0.1) is 65.4 Å². The van der Waals surface area contributed by atoms with E-state index < -0.39 is 18.6 Å². The summed E-state index contributed by atoms with van der Waals surface area (Å²) in [6, 6.07) is 29.2. The predicted octanol–water partition coefficient (Wildman–Crippen LogP) is 10.8. The van der Waals surface area contributed by atoms with Crippen LogP contribution >= 0.6 is 11.3 Å². The molecule has 0 amide bonds. The topological polar surface area (TPSA) is 51.8 Å². The van der Waals surface area contributed by atoms with Crippen LogP contribution in [0.3, 0.4) is 0 Å². The maximum Gasteiger partial charge on any atom is 0.122 e. The zero-order valence-electron chi connectivity index (χ0n) is 31.1. The number of aromatic nitrogens is 3. The minimum Gasteiger partial charge on any atom is -0.501 e. The van der Waals surface area contributed by atoms with Crippen LogP contribution in [0, 0.1) is 24.4 Å². The van der Waals surface area contributed by atoms with Gasteiger partial charge in [0.05, 0.1) is 20.8 Å². The summed E-state index contributed by atoms with van der Waals surface area (Å²) in [5, 5.41) is 2.91. The van der Waals surface area contributed by atoms with Crippen LogP contribution in [-0.2, 0) is 31.9 Å². The molecule has 0 saturated heterocycles. The average molecular weight is 793 g/mol. The van der Waals surface area contributed by atoms with E-state index in [1.807, 2.05) is 60.7 Å². The smallest absolute Gasteiger partial charge is 0.122 e. The van der Waals surface area contributed by atoms with Gasteiger partial charge in [0.2, 0.25) is 0 Å². The molecule has 0 aliphatic rings. The van der Waals surface area contributed by atoms with Crippen LogP contribution in [0.5, 0.6) is 0 Å². The van der Waals surface area contributed by atoms with E-state index in [4.69, 9.17) is 16.3 Å². The van der Waals surface area contributed by atoms with E-state index in [1.54, 1.807) is 50.4 Å². The Morgan fingerprint density at radius 1 is 0.911 bits per heavy atom. The first-order valence-electron chi connectivity index (χ1n) is 17.0. The van der Waals surface area contributed by atoms with E-state index in [1.165, 1.54) is 6.20 Å². The number of benzene rings is 3. The molecule has 0 bridgehead atoms. The van der Waals surface area contributed by atoms with Gasteiger partial charge in [0.15, 0.2) is 0 Å². The number of furan rings is 1. The third kappa shape index (κ3) is 7.09. The Morgan fingerprint density at radius 2 is 1.73 bits per heavy atom. The summed E-state index contributed by atoms with van der Waals surface area (Å²) in [5.74, 6) is 0. The molecule has 7 aromatic rings. The van der Waals surface area contributed by atoms with Crippen molar-refractivity contribution in [2.75, 3.05) is 0 Å². The molecule has 0 spiro atoms. The molecule has 0 atom stereocenters. The van der Waals surface area contributed by atoms with Crippen LogP contribution in [0.15, 0.2) is 89.6 Å². The molecule has 0 N–H and O–H groups in total. The Bertz CT molecular complexity index is 2230. The molecule has 3 aromatic carbocycles. The first-order chi connectivity index (χ1) is 23.0. The first-order valence-corrected chi connectivity index (χ1v) is 15.3. The quantitative estimate of drug-likeness (QED) is 0.167. The van der Waals surface area contributed by atoms with Crippen LogP contribution in [-0.4, -0.2) is 15.0 Å². The number of rotatable bonds is 3. The first kappa shape index (κ1) is 26.5. The molecule has 0 aliphatic heterocycles. The van der Waals surface area contributed by atoms with Crippen molar-refractivity contribution >= 4 is 43.5 Å². The SMILES string of the molecule is [2H]C([2H])([2H])c1cnc(-c2[c-]ccc3c2oc2ccc4nc(C(C)(C)C)sc4c23)cc1C([2H])([2H])C(C)(C)C.[Ir].[c-]1ccccc1-c1ccccn1. The summed E-state index contributed by atoms with van der Waals surface area (Å²) >= 11 is 1.66. The van der Waals surface area contributed by atoms with Gasteiger partial charge in [-0.25, -0.2) is 4.98 Å². The van der Waals surface area contributed by atoms with Gasteiger partial charge >= 0.3 is 0 Å². The van der Waals surface area contributed by atoms with Crippen molar-refractivity contribution in [3.8, 4) is 22.5 Å². The van der Waals surface area contributed by atoms with Gasteiger partial charge < -0.3 is 14.4 Å². The molecule has 0 unspecified atom stereocenters. The number of nitrogens with zero attached hydrogens (tertiary/aromatic N) is 3. The predicted molar refractivity (Wildman–Crippen MR) is 184 cm³/mol. The summed E-state index contributed by atoms with van der Waals surface area (Å²) in [4.78, 5) is 13.5. The fourth-order valence-electron chi connectivity index (χ4n) is 4.90. The molecule has 6 heteroatoms. The van der Waals surface area contributed by atoms with Crippen molar-refractivity contribution in [1.82, 2.24) is 15.0 Å². The summed E-state index contributed by atoms with van der Waals surface area (Å²) in [5.41, 5.74) is 4.29. The summed E-state index contributed by atoms with van der Waals surface area (Å²) in [7, 11) is 0. The van der Waals surface area contributed by atoms with Crippen LogP contribution in [0.1, 0.15) is 64.5 Å². The standard InChI is InChI=1S/C28H29N2OS.C11H8N.Ir/c1-16-15-29-21(13-17(16)14-27(2,3)4)18-9-8-10-19-23-22(31-24(18)19)12-11-20-25(23)32-26(30-20)28(5,6)7;1-2-6-10(7-3-1)11-8-4-5-9-12-11;/h8,10-13,15H,14H2,1-7H3;1-6,8-9H;/q2*-1;/i1D3,14D2;;. The molecular weight excluding hydrogens is 751 g/mol. The van der Waals surface area contributed by atoms with Crippen molar-refractivity contribution in [1.29, 1.82) is 0 Å². The average Bonchev–Trinajstić information content (AvgIpc) is 3.67. The zero-order valence-corrected chi connectivity index (χ0v) is 29.3. The number of pyridine rings is 2. The molecule has 7 rings (SSSR count). The van der Waals surface area contributed by atoms with E-state index >= 15 is 0 Å². The molecule has 4 nitrogen and oxygen atoms in total.